The summed E-state index contributed by atoms with van der Waals surface area (Å²) in [6.07, 6.45) is 5.77. The third kappa shape index (κ3) is 3.46. The molecule has 1 aliphatic heterocycles. The summed E-state index contributed by atoms with van der Waals surface area (Å²) >= 11 is 6.18. The summed E-state index contributed by atoms with van der Waals surface area (Å²) in [5, 5.41) is 10.6. The molecule has 2 saturated carbocycles. The van der Waals surface area contributed by atoms with Gasteiger partial charge in [-0.15, -0.1) is 0 Å². The first-order chi connectivity index (χ1) is 12.3. The maximum Gasteiger partial charge on any atom is 0.225 e. The van der Waals surface area contributed by atoms with Crippen LogP contribution in [-0.2, 0) is 4.79 Å². The Morgan fingerprint density at radius 3 is 2.50 bits per heavy atom. The lowest BCUT2D eigenvalue weighted by atomic mass is 9.66. The molecule has 0 bridgehead atoms. The lowest BCUT2D eigenvalue weighted by molar-refractivity contribution is -0.164. The molecule has 1 spiro atoms. The molecule has 1 saturated heterocycles. The fourth-order valence-corrected chi connectivity index (χ4v) is 5.00. The monoisotopic (exact) mass is 377 g/mol. The smallest absolute Gasteiger partial charge is 0.225 e. The fraction of sp³-hybridized carbons (Fsp3) is 0.667. The maximum atomic E-state index is 12.5. The molecule has 3 fully saturated rings. The number of hydrogen-bond donors (Lipinski definition) is 1. The lowest BCUT2D eigenvalue weighted by Gasteiger charge is -2.55. The lowest BCUT2D eigenvalue weighted by Crippen LogP contribution is -2.63. The van der Waals surface area contributed by atoms with E-state index in [0.717, 1.165) is 55.1 Å². The number of halogens is 1. The minimum atomic E-state index is -0.628. The van der Waals surface area contributed by atoms with Crippen LogP contribution >= 0.6 is 11.6 Å². The molecule has 1 aromatic rings. The highest BCUT2D eigenvalue weighted by atomic mass is 35.5. The van der Waals surface area contributed by atoms with Gasteiger partial charge in [-0.05, 0) is 70.1 Å². The van der Waals surface area contributed by atoms with E-state index >= 15 is 0 Å². The van der Waals surface area contributed by atoms with Crippen molar-refractivity contribution in [3.05, 3.63) is 28.8 Å². The Morgan fingerprint density at radius 2 is 1.92 bits per heavy atom. The molecule has 3 aliphatic rings. The summed E-state index contributed by atoms with van der Waals surface area (Å²) in [5.41, 5.74) is 0.734. The predicted octanol–water partition coefficient (Wildman–Crippen LogP) is 3.96. The molecule has 0 atom stereocenters. The maximum absolute atomic E-state index is 12.5. The highest BCUT2D eigenvalue weighted by Gasteiger charge is 2.51. The average molecular weight is 378 g/mol. The van der Waals surface area contributed by atoms with Gasteiger partial charge in [-0.3, -0.25) is 4.79 Å². The van der Waals surface area contributed by atoms with Gasteiger partial charge < -0.3 is 14.7 Å². The molecular weight excluding hydrogens is 350 g/mol. The van der Waals surface area contributed by atoms with Crippen LogP contribution in [0.1, 0.15) is 51.0 Å². The predicted molar refractivity (Wildman–Crippen MR) is 101 cm³/mol. The van der Waals surface area contributed by atoms with E-state index in [9.17, 15) is 9.90 Å². The minimum absolute atomic E-state index is 0.0355. The van der Waals surface area contributed by atoms with Crippen molar-refractivity contribution in [1.82, 2.24) is 4.90 Å². The second kappa shape index (κ2) is 6.42. The van der Waals surface area contributed by atoms with Gasteiger partial charge in [0.1, 0.15) is 5.75 Å². The first kappa shape index (κ1) is 18.1. The van der Waals surface area contributed by atoms with E-state index < -0.39 is 5.60 Å². The van der Waals surface area contributed by atoms with Gasteiger partial charge in [0.2, 0.25) is 5.91 Å². The van der Waals surface area contributed by atoms with Crippen molar-refractivity contribution in [2.75, 3.05) is 13.1 Å². The second-order valence-corrected chi connectivity index (χ2v) is 9.43. The Morgan fingerprint density at radius 1 is 1.27 bits per heavy atom. The van der Waals surface area contributed by atoms with Crippen LogP contribution in [0.4, 0.5) is 0 Å². The SMILES string of the molecule is Cc1ccc(OC2CCC3(CC2)CN(C(=O)[C@H]2C[C@@](C)(O)C2)C3)cc1Cl. The fourth-order valence-electron chi connectivity index (χ4n) is 4.83. The highest BCUT2D eigenvalue weighted by Crippen LogP contribution is 2.47. The minimum Gasteiger partial charge on any atom is -0.490 e. The van der Waals surface area contributed by atoms with Crippen LogP contribution in [0.25, 0.3) is 0 Å². The molecule has 1 heterocycles. The van der Waals surface area contributed by atoms with Crippen LogP contribution in [-0.4, -0.2) is 40.7 Å². The van der Waals surface area contributed by atoms with Crippen molar-refractivity contribution < 1.29 is 14.6 Å². The molecule has 4 nitrogen and oxygen atoms in total. The van der Waals surface area contributed by atoms with Crippen molar-refractivity contribution in [3.8, 4) is 5.75 Å². The zero-order valence-electron chi connectivity index (χ0n) is 15.6. The van der Waals surface area contributed by atoms with Gasteiger partial charge in [0.25, 0.3) is 0 Å². The van der Waals surface area contributed by atoms with E-state index in [4.69, 9.17) is 16.3 Å². The van der Waals surface area contributed by atoms with Gasteiger partial charge in [-0.1, -0.05) is 17.7 Å². The molecule has 1 aromatic carbocycles. The van der Waals surface area contributed by atoms with Crippen LogP contribution < -0.4 is 4.74 Å². The molecule has 0 radical (unpaired) electrons. The summed E-state index contributed by atoms with van der Waals surface area (Å²) in [7, 11) is 0. The normalized spacial score (nSPS) is 30.6. The van der Waals surface area contributed by atoms with Crippen molar-refractivity contribution in [1.29, 1.82) is 0 Å². The van der Waals surface area contributed by atoms with E-state index in [1.807, 2.05) is 36.9 Å². The first-order valence-corrected chi connectivity index (χ1v) is 10.1. The number of benzene rings is 1. The third-order valence-electron chi connectivity index (χ3n) is 6.53. The Bertz CT molecular complexity index is 693. The van der Waals surface area contributed by atoms with Crippen LogP contribution in [0.5, 0.6) is 5.75 Å². The number of hydrogen-bond acceptors (Lipinski definition) is 3. The zero-order valence-corrected chi connectivity index (χ0v) is 16.4. The summed E-state index contributed by atoms with van der Waals surface area (Å²) in [6, 6.07) is 5.89. The van der Waals surface area contributed by atoms with E-state index in [0.29, 0.717) is 18.3 Å². The second-order valence-electron chi connectivity index (χ2n) is 9.02. The van der Waals surface area contributed by atoms with Gasteiger partial charge in [0, 0.05) is 29.4 Å². The Balaban J connectivity index is 1.24. The van der Waals surface area contributed by atoms with Crippen LogP contribution in [0.3, 0.4) is 0 Å². The molecule has 1 amide bonds. The number of ether oxygens (including phenoxy) is 1. The molecule has 1 N–H and O–H groups in total. The van der Waals surface area contributed by atoms with Crippen molar-refractivity contribution in [3.63, 3.8) is 0 Å². The topological polar surface area (TPSA) is 49.8 Å². The van der Waals surface area contributed by atoms with Gasteiger partial charge in [-0.2, -0.15) is 0 Å². The van der Waals surface area contributed by atoms with E-state index in [-0.39, 0.29) is 17.9 Å². The van der Waals surface area contributed by atoms with Crippen LogP contribution in [0.2, 0.25) is 5.02 Å². The van der Waals surface area contributed by atoms with Gasteiger partial charge in [0.15, 0.2) is 0 Å². The highest BCUT2D eigenvalue weighted by molar-refractivity contribution is 6.31. The number of amides is 1. The van der Waals surface area contributed by atoms with E-state index in [1.165, 1.54) is 0 Å². The quantitative estimate of drug-likeness (QED) is 0.867. The number of aliphatic hydroxyl groups is 1. The zero-order chi connectivity index (χ0) is 18.5. The van der Waals surface area contributed by atoms with E-state index in [2.05, 4.69) is 0 Å². The molecule has 4 rings (SSSR count). The number of nitrogens with zero attached hydrogens (tertiary/aromatic N) is 1. The summed E-state index contributed by atoms with van der Waals surface area (Å²) in [4.78, 5) is 14.5. The van der Waals surface area contributed by atoms with Crippen LogP contribution in [0, 0.1) is 18.3 Å². The molecule has 0 unspecified atom stereocenters. The standard InChI is InChI=1S/C21H28ClNO3/c1-14-3-4-17(9-18(14)22)26-16-5-7-21(8-6-16)12-23(13-21)19(24)15-10-20(2,25)11-15/h3-4,9,15-16,25H,5-8,10-13H2,1-2H3/t15-,20+. The van der Waals surface area contributed by atoms with Gasteiger partial charge in [-0.25, -0.2) is 0 Å². The molecule has 26 heavy (non-hydrogen) atoms. The Hall–Kier alpha value is -1.26. The van der Waals surface area contributed by atoms with Crippen molar-refractivity contribution in [2.24, 2.45) is 11.3 Å². The van der Waals surface area contributed by atoms with Gasteiger partial charge in [0.05, 0.1) is 11.7 Å². The molecule has 2 aliphatic carbocycles. The number of aryl methyl sites for hydroxylation is 1. The van der Waals surface area contributed by atoms with Gasteiger partial charge >= 0.3 is 0 Å². The molecule has 5 heteroatoms. The van der Waals surface area contributed by atoms with Crippen molar-refractivity contribution in [2.45, 2.75) is 64.1 Å². The Kier molecular flexibility index (Phi) is 4.47. The van der Waals surface area contributed by atoms with Crippen LogP contribution in [0.15, 0.2) is 18.2 Å². The van der Waals surface area contributed by atoms with Crippen molar-refractivity contribution >= 4 is 17.5 Å². The molecule has 142 valence electrons. The van der Waals surface area contributed by atoms with E-state index in [1.54, 1.807) is 0 Å². The molecular formula is C21H28ClNO3. The average Bonchev–Trinajstić information content (AvgIpc) is 2.54. The Labute approximate surface area is 160 Å². The molecule has 0 aromatic heterocycles. The number of carbonyl (C=O) groups is 1. The number of rotatable bonds is 3. The summed E-state index contributed by atoms with van der Waals surface area (Å²) < 4.78 is 6.12. The summed E-state index contributed by atoms with van der Waals surface area (Å²) in [5.74, 6) is 1.13. The number of carbonyl (C=O) groups excluding carboxylic acids is 1. The third-order valence-corrected chi connectivity index (χ3v) is 6.93. The summed E-state index contributed by atoms with van der Waals surface area (Å²) in [6.45, 7) is 5.57. The number of likely N-dealkylation sites (tertiary alicyclic amines) is 1. The largest absolute Gasteiger partial charge is 0.490 e. The first-order valence-electron chi connectivity index (χ1n) is 9.69.